The van der Waals surface area contributed by atoms with Crippen molar-refractivity contribution < 1.29 is 17.6 Å². The first-order chi connectivity index (χ1) is 16.8. The average Bonchev–Trinajstić information content (AvgIpc) is 2.87. The molecule has 0 unspecified atom stereocenters. The molecule has 0 bridgehead atoms. The van der Waals surface area contributed by atoms with Crippen LogP contribution in [0.3, 0.4) is 0 Å². The lowest BCUT2D eigenvalue weighted by atomic mass is 9.68. The number of hydrogen-bond acceptors (Lipinski definition) is 1. The molecule has 0 aromatic heterocycles. The lowest BCUT2D eigenvalue weighted by molar-refractivity contribution is -0.137. The lowest BCUT2D eigenvalue weighted by Crippen LogP contribution is -2.25. The van der Waals surface area contributed by atoms with Crippen LogP contribution >= 0.6 is 0 Å². The number of benzene rings is 1. The largest absolute Gasteiger partial charge is 0.416 e. The summed E-state index contributed by atoms with van der Waals surface area (Å²) in [6.07, 6.45) is 17.7. The van der Waals surface area contributed by atoms with E-state index in [1.165, 1.54) is 82.1 Å². The number of hydrogen-bond donors (Lipinski definition) is 0. The number of nitriles is 1. The Hall–Kier alpha value is -2.09. The van der Waals surface area contributed by atoms with E-state index in [2.05, 4.69) is 0 Å². The maximum atomic E-state index is 12.8. The molecule has 0 aliphatic heterocycles. The molecule has 2 saturated carbocycles. The number of aryl methyl sites for hydroxylation is 1. The molecule has 2 aliphatic rings. The summed E-state index contributed by atoms with van der Waals surface area (Å²) in [6.45, 7) is 0. The van der Waals surface area contributed by atoms with Crippen molar-refractivity contribution >= 4 is 0 Å². The third-order valence-electron chi connectivity index (χ3n) is 8.29. The SMILES string of the molecule is N#C/C(F)=C/C=C/CCC1CCC(C2CCC(CCCCc3ccc(C(F)(F)F)cc3)CC2)CC1. The van der Waals surface area contributed by atoms with Crippen LogP contribution in [-0.4, -0.2) is 0 Å². The Balaban J connectivity index is 1.25. The second-order valence-corrected chi connectivity index (χ2v) is 10.6. The summed E-state index contributed by atoms with van der Waals surface area (Å²) >= 11 is 0. The number of rotatable bonds is 10. The minimum atomic E-state index is -4.26. The maximum Gasteiger partial charge on any atom is 0.416 e. The van der Waals surface area contributed by atoms with Crippen molar-refractivity contribution in [3.05, 3.63) is 59.4 Å². The first-order valence-electron chi connectivity index (χ1n) is 13.4. The monoisotopic (exact) mass is 489 g/mol. The van der Waals surface area contributed by atoms with E-state index in [0.29, 0.717) is 0 Å². The van der Waals surface area contributed by atoms with E-state index in [-0.39, 0.29) is 0 Å². The lowest BCUT2D eigenvalue weighted by Gasteiger charge is -2.38. The van der Waals surface area contributed by atoms with Gasteiger partial charge in [-0.05, 0) is 98.8 Å². The van der Waals surface area contributed by atoms with Crippen molar-refractivity contribution in [3.63, 3.8) is 0 Å². The maximum absolute atomic E-state index is 12.8. The summed E-state index contributed by atoms with van der Waals surface area (Å²) in [4.78, 5) is 0. The summed E-state index contributed by atoms with van der Waals surface area (Å²) in [5.74, 6) is 2.63. The van der Waals surface area contributed by atoms with Gasteiger partial charge in [-0.2, -0.15) is 22.8 Å². The molecule has 1 aromatic carbocycles. The molecule has 0 saturated heterocycles. The Labute approximate surface area is 208 Å². The minimum absolute atomic E-state index is 0.567. The zero-order chi connectivity index (χ0) is 25.1. The molecule has 0 atom stereocenters. The van der Waals surface area contributed by atoms with Gasteiger partial charge in [0, 0.05) is 0 Å². The predicted octanol–water partition coefficient (Wildman–Crippen LogP) is 9.74. The van der Waals surface area contributed by atoms with Crippen LogP contribution in [0.15, 0.2) is 48.3 Å². The van der Waals surface area contributed by atoms with E-state index in [4.69, 9.17) is 5.26 Å². The number of nitrogens with zero attached hydrogens (tertiary/aromatic N) is 1. The van der Waals surface area contributed by atoms with Gasteiger partial charge < -0.3 is 0 Å². The van der Waals surface area contributed by atoms with Crippen LogP contribution in [0, 0.1) is 35.0 Å². The zero-order valence-corrected chi connectivity index (χ0v) is 20.7. The summed E-state index contributed by atoms with van der Waals surface area (Å²) in [5, 5.41) is 8.40. The van der Waals surface area contributed by atoms with Crippen LogP contribution in [0.25, 0.3) is 0 Å². The number of alkyl halides is 3. The second-order valence-electron chi connectivity index (χ2n) is 10.6. The van der Waals surface area contributed by atoms with Crippen LogP contribution < -0.4 is 0 Å². The molecule has 3 rings (SSSR count). The molecule has 5 heteroatoms. The van der Waals surface area contributed by atoms with Gasteiger partial charge in [-0.3, -0.25) is 0 Å². The van der Waals surface area contributed by atoms with E-state index < -0.39 is 17.6 Å². The summed E-state index contributed by atoms with van der Waals surface area (Å²) in [6, 6.07) is 7.11. The highest BCUT2D eigenvalue weighted by molar-refractivity contribution is 5.24. The summed E-state index contributed by atoms with van der Waals surface area (Å²) < 4.78 is 50.8. The van der Waals surface area contributed by atoms with E-state index in [1.807, 2.05) is 6.08 Å². The normalized spacial score (nSPS) is 26.1. The first kappa shape index (κ1) is 27.5. The highest BCUT2D eigenvalue weighted by atomic mass is 19.4. The molecule has 2 aliphatic carbocycles. The summed E-state index contributed by atoms with van der Waals surface area (Å²) in [7, 11) is 0. The molecule has 1 aromatic rings. The number of allylic oxidation sites excluding steroid dienone is 4. The van der Waals surface area contributed by atoms with E-state index in [0.717, 1.165) is 61.3 Å². The van der Waals surface area contributed by atoms with Gasteiger partial charge in [-0.1, -0.05) is 62.8 Å². The molecule has 0 N–H and O–H groups in total. The van der Waals surface area contributed by atoms with Crippen LogP contribution in [0.5, 0.6) is 0 Å². The third kappa shape index (κ3) is 9.47. The minimum Gasteiger partial charge on any atom is -0.195 e. The fraction of sp³-hybridized carbons (Fsp3) is 0.633. The van der Waals surface area contributed by atoms with Crippen LogP contribution in [0.1, 0.15) is 94.6 Å². The molecule has 192 valence electrons. The second kappa shape index (κ2) is 13.9. The predicted molar refractivity (Wildman–Crippen MR) is 133 cm³/mol. The number of halogens is 4. The van der Waals surface area contributed by atoms with Gasteiger partial charge in [-0.15, -0.1) is 0 Å². The molecule has 35 heavy (non-hydrogen) atoms. The van der Waals surface area contributed by atoms with Gasteiger partial charge in [0.1, 0.15) is 6.07 Å². The molecule has 0 heterocycles. The average molecular weight is 490 g/mol. The van der Waals surface area contributed by atoms with Crippen LogP contribution in [0.4, 0.5) is 17.6 Å². The third-order valence-corrected chi connectivity index (χ3v) is 8.29. The van der Waals surface area contributed by atoms with Crippen LogP contribution in [0.2, 0.25) is 0 Å². The quantitative estimate of drug-likeness (QED) is 0.139. The molecule has 0 radical (unpaired) electrons. The Morgan fingerprint density at radius 2 is 1.43 bits per heavy atom. The molecular weight excluding hydrogens is 450 g/mol. The van der Waals surface area contributed by atoms with E-state index in [1.54, 1.807) is 18.2 Å². The molecule has 1 nitrogen and oxygen atoms in total. The molecular formula is C30H39F4N. The number of unbranched alkanes of at least 4 members (excludes halogenated alkanes) is 1. The van der Waals surface area contributed by atoms with Gasteiger partial charge in [0.25, 0.3) is 0 Å². The topological polar surface area (TPSA) is 23.8 Å². The molecule has 2 fully saturated rings. The fourth-order valence-corrected chi connectivity index (χ4v) is 6.14. The highest BCUT2D eigenvalue weighted by Gasteiger charge is 2.31. The standard InChI is InChI=1S/C30H39F4N/c31-29(22-35)9-3-1-2-6-23-10-16-26(17-11-23)27-18-12-24(13-19-27)7-4-5-8-25-14-20-28(21-15-25)30(32,33)34/h1,3,9,14-15,20-21,23-24,26-27H,2,4-8,10-13,16-19H2/b3-1+,29-9-. The van der Waals surface area contributed by atoms with Crippen molar-refractivity contribution in [2.45, 2.75) is 96.1 Å². The van der Waals surface area contributed by atoms with Gasteiger partial charge in [0.05, 0.1) is 5.56 Å². The van der Waals surface area contributed by atoms with Crippen molar-refractivity contribution in [1.82, 2.24) is 0 Å². The van der Waals surface area contributed by atoms with Gasteiger partial charge in [-0.25, -0.2) is 0 Å². The zero-order valence-electron chi connectivity index (χ0n) is 20.7. The Morgan fingerprint density at radius 3 is 1.97 bits per heavy atom. The van der Waals surface area contributed by atoms with Crippen LogP contribution in [-0.2, 0) is 12.6 Å². The van der Waals surface area contributed by atoms with Crippen molar-refractivity contribution in [2.24, 2.45) is 23.7 Å². The van der Waals surface area contributed by atoms with Crippen molar-refractivity contribution in [1.29, 1.82) is 5.26 Å². The van der Waals surface area contributed by atoms with Gasteiger partial charge in [0.2, 0.25) is 0 Å². The van der Waals surface area contributed by atoms with Gasteiger partial charge >= 0.3 is 6.18 Å². The smallest absolute Gasteiger partial charge is 0.195 e. The molecule has 0 amide bonds. The Morgan fingerprint density at radius 1 is 0.857 bits per heavy atom. The highest BCUT2D eigenvalue weighted by Crippen LogP contribution is 2.43. The van der Waals surface area contributed by atoms with Gasteiger partial charge in [0.15, 0.2) is 5.83 Å². The van der Waals surface area contributed by atoms with Crippen molar-refractivity contribution in [2.75, 3.05) is 0 Å². The Kier molecular flexibility index (Phi) is 10.9. The summed E-state index contributed by atoms with van der Waals surface area (Å²) in [5.41, 5.74) is 0.431. The fourth-order valence-electron chi connectivity index (χ4n) is 6.14. The van der Waals surface area contributed by atoms with E-state index in [9.17, 15) is 17.6 Å². The van der Waals surface area contributed by atoms with E-state index >= 15 is 0 Å². The first-order valence-corrected chi connectivity index (χ1v) is 13.4. The Bertz CT molecular complexity index is 846. The molecule has 0 spiro atoms. The van der Waals surface area contributed by atoms with Crippen molar-refractivity contribution in [3.8, 4) is 6.07 Å².